The van der Waals surface area contributed by atoms with Crippen molar-refractivity contribution >= 4 is 17.1 Å². The first-order valence-corrected chi connectivity index (χ1v) is 8.09. The molecular weight excluding hydrogens is 333 g/mol. The number of anilines is 2. The smallest absolute Gasteiger partial charge is 0.269 e. The minimum atomic E-state index is -0.421. The van der Waals surface area contributed by atoms with Crippen LogP contribution in [-0.2, 0) is 13.1 Å². The molecule has 2 N–H and O–H groups in total. The second kappa shape index (κ2) is 7.65. The van der Waals surface area contributed by atoms with Gasteiger partial charge in [0.2, 0.25) is 0 Å². The first-order chi connectivity index (χ1) is 12.5. The number of halogens is 1. The average Bonchev–Trinajstić information content (AvgIpc) is 2.64. The summed E-state index contributed by atoms with van der Waals surface area (Å²) in [4.78, 5) is 12.5. The van der Waals surface area contributed by atoms with Crippen molar-refractivity contribution in [3.8, 4) is 0 Å². The van der Waals surface area contributed by atoms with Crippen LogP contribution in [0.25, 0.3) is 0 Å². The Kier molecular flexibility index (Phi) is 5.12. The highest BCUT2D eigenvalue weighted by molar-refractivity contribution is 5.49. The number of hydrogen-bond acceptors (Lipinski definition) is 4. The lowest BCUT2D eigenvalue weighted by molar-refractivity contribution is -0.384. The zero-order chi connectivity index (χ0) is 18.5. The first-order valence-electron chi connectivity index (χ1n) is 8.09. The highest BCUT2D eigenvalue weighted by Gasteiger charge is 2.11. The van der Waals surface area contributed by atoms with Gasteiger partial charge in [-0.1, -0.05) is 24.3 Å². The zero-order valence-corrected chi connectivity index (χ0v) is 14.0. The predicted octanol–water partition coefficient (Wildman–Crippen LogP) is 4.52. The second-order valence-corrected chi connectivity index (χ2v) is 6.00. The number of nitro benzene ring substituents is 1. The summed E-state index contributed by atoms with van der Waals surface area (Å²) in [5.74, 6) is -0.295. The monoisotopic (exact) mass is 351 g/mol. The van der Waals surface area contributed by atoms with Gasteiger partial charge < -0.3 is 10.6 Å². The molecule has 0 aliphatic heterocycles. The summed E-state index contributed by atoms with van der Waals surface area (Å²) in [5, 5.41) is 10.8. The second-order valence-electron chi connectivity index (χ2n) is 6.00. The Balaban J connectivity index is 1.85. The lowest BCUT2D eigenvalue weighted by Gasteiger charge is -2.25. The van der Waals surface area contributed by atoms with Gasteiger partial charge >= 0.3 is 0 Å². The van der Waals surface area contributed by atoms with Gasteiger partial charge in [-0.05, 0) is 47.5 Å². The quantitative estimate of drug-likeness (QED) is 0.402. The number of hydrogen-bond donors (Lipinski definition) is 1. The zero-order valence-electron chi connectivity index (χ0n) is 14.0. The molecule has 0 radical (unpaired) electrons. The Bertz CT molecular complexity index is 878. The third-order valence-electron chi connectivity index (χ3n) is 4.07. The Labute approximate surface area is 150 Å². The highest BCUT2D eigenvalue weighted by Crippen LogP contribution is 2.22. The molecule has 0 fully saturated rings. The molecule has 0 aliphatic rings. The van der Waals surface area contributed by atoms with Crippen molar-refractivity contribution < 1.29 is 9.31 Å². The molecule has 3 aromatic rings. The van der Waals surface area contributed by atoms with Gasteiger partial charge in [0.15, 0.2) is 0 Å². The van der Waals surface area contributed by atoms with Crippen LogP contribution in [0.2, 0.25) is 0 Å². The lowest BCUT2D eigenvalue weighted by Crippen LogP contribution is -2.22. The maximum Gasteiger partial charge on any atom is 0.269 e. The molecule has 3 aromatic carbocycles. The van der Waals surface area contributed by atoms with E-state index in [0.29, 0.717) is 18.8 Å². The molecule has 0 amide bonds. The average molecular weight is 351 g/mol. The van der Waals surface area contributed by atoms with Crippen molar-refractivity contribution in [1.29, 1.82) is 0 Å². The van der Waals surface area contributed by atoms with Crippen molar-refractivity contribution in [2.24, 2.45) is 0 Å². The van der Waals surface area contributed by atoms with Crippen LogP contribution in [-0.4, -0.2) is 4.92 Å². The van der Waals surface area contributed by atoms with E-state index >= 15 is 0 Å². The van der Waals surface area contributed by atoms with Crippen molar-refractivity contribution in [1.82, 2.24) is 0 Å². The van der Waals surface area contributed by atoms with Crippen LogP contribution in [0.4, 0.5) is 21.5 Å². The minimum absolute atomic E-state index is 0.0561. The fraction of sp³-hybridized carbons (Fsp3) is 0.100. The third kappa shape index (κ3) is 4.36. The summed E-state index contributed by atoms with van der Waals surface area (Å²) in [7, 11) is 0. The molecule has 5 nitrogen and oxygen atoms in total. The Morgan fingerprint density at radius 2 is 1.35 bits per heavy atom. The predicted molar refractivity (Wildman–Crippen MR) is 100 cm³/mol. The summed E-state index contributed by atoms with van der Waals surface area (Å²) in [5.41, 5.74) is 9.33. The van der Waals surface area contributed by atoms with E-state index in [1.807, 2.05) is 24.3 Å². The van der Waals surface area contributed by atoms with Crippen LogP contribution in [0.5, 0.6) is 0 Å². The van der Waals surface area contributed by atoms with Crippen LogP contribution in [0.15, 0.2) is 72.8 Å². The fourth-order valence-electron chi connectivity index (χ4n) is 2.68. The summed E-state index contributed by atoms with van der Waals surface area (Å²) in [6.07, 6.45) is 0. The summed E-state index contributed by atoms with van der Waals surface area (Å²) in [6.45, 7) is 1.14. The Morgan fingerprint density at radius 3 is 1.85 bits per heavy atom. The number of benzene rings is 3. The summed E-state index contributed by atoms with van der Waals surface area (Å²) < 4.78 is 13.3. The third-order valence-corrected chi connectivity index (χ3v) is 4.07. The number of nitro groups is 1. The van der Waals surface area contributed by atoms with Gasteiger partial charge in [0.25, 0.3) is 5.69 Å². The molecule has 0 unspecified atom stereocenters. The molecule has 0 saturated heterocycles. The summed E-state index contributed by atoms with van der Waals surface area (Å²) in [6, 6.07) is 20.3. The number of non-ortho nitro benzene ring substituents is 1. The molecule has 0 saturated carbocycles. The highest BCUT2D eigenvalue weighted by atomic mass is 19.1. The van der Waals surface area contributed by atoms with E-state index in [4.69, 9.17) is 5.73 Å². The molecule has 0 aromatic heterocycles. The minimum Gasteiger partial charge on any atom is -0.399 e. The standard InChI is InChI=1S/C20H18FN3O2/c21-17-5-11-19(12-6-17)23(13-15-1-7-18(22)8-2-15)14-16-3-9-20(10-4-16)24(25)26/h1-12H,13-14,22H2. The van der Waals surface area contributed by atoms with E-state index in [-0.39, 0.29) is 11.5 Å². The van der Waals surface area contributed by atoms with Gasteiger partial charge in [0.05, 0.1) is 4.92 Å². The molecule has 0 spiro atoms. The molecule has 0 aliphatic carbocycles. The van der Waals surface area contributed by atoms with E-state index in [2.05, 4.69) is 4.90 Å². The number of nitrogens with zero attached hydrogens (tertiary/aromatic N) is 2. The maximum atomic E-state index is 13.3. The lowest BCUT2D eigenvalue weighted by atomic mass is 10.1. The van der Waals surface area contributed by atoms with E-state index < -0.39 is 4.92 Å². The molecule has 3 rings (SSSR count). The largest absolute Gasteiger partial charge is 0.399 e. The van der Waals surface area contributed by atoms with Gasteiger partial charge in [-0.25, -0.2) is 4.39 Å². The Morgan fingerprint density at radius 1 is 0.846 bits per heavy atom. The number of rotatable bonds is 6. The first kappa shape index (κ1) is 17.4. The van der Waals surface area contributed by atoms with E-state index in [1.54, 1.807) is 24.3 Å². The van der Waals surface area contributed by atoms with Crippen molar-refractivity contribution in [3.63, 3.8) is 0 Å². The Hall–Kier alpha value is -3.41. The molecular formula is C20H18FN3O2. The maximum absolute atomic E-state index is 13.3. The van der Waals surface area contributed by atoms with Crippen molar-refractivity contribution in [2.75, 3.05) is 10.6 Å². The van der Waals surface area contributed by atoms with Crippen LogP contribution in [0.3, 0.4) is 0 Å². The number of nitrogen functional groups attached to an aromatic ring is 1. The van der Waals surface area contributed by atoms with E-state index in [9.17, 15) is 14.5 Å². The van der Waals surface area contributed by atoms with Gasteiger partial charge in [-0.15, -0.1) is 0 Å². The summed E-state index contributed by atoms with van der Waals surface area (Å²) >= 11 is 0. The molecule has 26 heavy (non-hydrogen) atoms. The van der Waals surface area contributed by atoms with Crippen molar-refractivity contribution in [3.05, 3.63) is 99.9 Å². The van der Waals surface area contributed by atoms with Gasteiger partial charge in [-0.3, -0.25) is 10.1 Å². The molecule has 0 heterocycles. The molecule has 0 bridgehead atoms. The SMILES string of the molecule is Nc1ccc(CN(Cc2ccc([N+](=O)[O-])cc2)c2ccc(F)cc2)cc1. The molecule has 6 heteroatoms. The molecule has 132 valence electrons. The topological polar surface area (TPSA) is 72.4 Å². The molecule has 0 atom stereocenters. The van der Waals surface area contributed by atoms with Crippen LogP contribution < -0.4 is 10.6 Å². The number of nitrogens with two attached hydrogens (primary N) is 1. The fourth-order valence-corrected chi connectivity index (χ4v) is 2.68. The van der Waals surface area contributed by atoms with Gasteiger partial charge in [0, 0.05) is 36.6 Å². The van der Waals surface area contributed by atoms with Gasteiger partial charge in [-0.2, -0.15) is 0 Å². The normalized spacial score (nSPS) is 10.5. The van der Waals surface area contributed by atoms with Gasteiger partial charge in [0.1, 0.15) is 5.82 Å². The van der Waals surface area contributed by atoms with E-state index in [1.165, 1.54) is 24.3 Å². The van der Waals surface area contributed by atoms with Crippen molar-refractivity contribution in [2.45, 2.75) is 13.1 Å². The van der Waals surface area contributed by atoms with Crippen LogP contribution in [0.1, 0.15) is 11.1 Å². The van der Waals surface area contributed by atoms with Crippen LogP contribution >= 0.6 is 0 Å². The van der Waals surface area contributed by atoms with Crippen LogP contribution in [0, 0.1) is 15.9 Å². The van der Waals surface area contributed by atoms with E-state index in [0.717, 1.165) is 16.8 Å².